The summed E-state index contributed by atoms with van der Waals surface area (Å²) in [6.07, 6.45) is 1.08. The second kappa shape index (κ2) is 7.41. The summed E-state index contributed by atoms with van der Waals surface area (Å²) in [7, 11) is 0. The van der Waals surface area contributed by atoms with Crippen molar-refractivity contribution in [1.82, 2.24) is 10.2 Å². The van der Waals surface area contributed by atoms with Crippen LogP contribution in [0.4, 0.5) is 5.13 Å². The molecule has 5 heteroatoms. The fraction of sp³-hybridized carbons (Fsp3) is 0.500. The highest BCUT2D eigenvalue weighted by Crippen LogP contribution is 2.28. The van der Waals surface area contributed by atoms with Crippen LogP contribution in [0.5, 0.6) is 5.75 Å². The van der Waals surface area contributed by atoms with E-state index in [0.717, 1.165) is 28.9 Å². The monoisotopic (exact) mass is 305 g/mol. The van der Waals surface area contributed by atoms with E-state index in [-0.39, 0.29) is 0 Å². The Morgan fingerprint density at radius 1 is 1.29 bits per heavy atom. The number of anilines is 1. The van der Waals surface area contributed by atoms with Crippen molar-refractivity contribution in [2.45, 2.75) is 46.6 Å². The van der Waals surface area contributed by atoms with Crippen LogP contribution >= 0.6 is 11.3 Å². The van der Waals surface area contributed by atoms with Crippen molar-refractivity contribution in [2.75, 3.05) is 11.9 Å². The zero-order chi connectivity index (χ0) is 15.2. The van der Waals surface area contributed by atoms with Gasteiger partial charge >= 0.3 is 0 Å². The van der Waals surface area contributed by atoms with Crippen molar-refractivity contribution >= 4 is 16.5 Å². The van der Waals surface area contributed by atoms with E-state index in [1.807, 2.05) is 0 Å². The average Bonchev–Trinajstić information content (AvgIpc) is 2.90. The number of ether oxygens (including phenoxy) is 1. The second-order valence-corrected chi connectivity index (χ2v) is 6.47. The number of aromatic nitrogens is 2. The first-order chi connectivity index (χ1) is 10.1. The molecule has 21 heavy (non-hydrogen) atoms. The van der Waals surface area contributed by atoms with E-state index < -0.39 is 0 Å². The maximum absolute atomic E-state index is 5.96. The number of nitrogens with zero attached hydrogens (tertiary/aromatic N) is 2. The summed E-state index contributed by atoms with van der Waals surface area (Å²) in [6, 6.07) is 6.36. The summed E-state index contributed by atoms with van der Waals surface area (Å²) in [5.74, 6) is 1.39. The van der Waals surface area contributed by atoms with Crippen molar-refractivity contribution in [2.24, 2.45) is 0 Å². The Balaban J connectivity index is 2.02. The van der Waals surface area contributed by atoms with Crippen LogP contribution in [0.25, 0.3) is 0 Å². The fourth-order valence-electron chi connectivity index (χ4n) is 2.00. The predicted molar refractivity (Wildman–Crippen MR) is 88.3 cm³/mol. The zero-order valence-electron chi connectivity index (χ0n) is 13.1. The largest absolute Gasteiger partial charge is 0.486 e. The van der Waals surface area contributed by atoms with Crippen LogP contribution in [0.15, 0.2) is 18.2 Å². The third-order valence-electron chi connectivity index (χ3n) is 3.14. The van der Waals surface area contributed by atoms with Gasteiger partial charge in [0.25, 0.3) is 0 Å². The van der Waals surface area contributed by atoms with E-state index in [0.29, 0.717) is 12.5 Å². The lowest BCUT2D eigenvalue weighted by Crippen LogP contribution is -2.00. The van der Waals surface area contributed by atoms with Gasteiger partial charge in [-0.1, -0.05) is 44.2 Å². The topological polar surface area (TPSA) is 47.0 Å². The third-order valence-corrected chi connectivity index (χ3v) is 3.99. The highest BCUT2D eigenvalue weighted by molar-refractivity contribution is 7.15. The normalized spacial score (nSPS) is 10.9. The van der Waals surface area contributed by atoms with Crippen LogP contribution in [0.2, 0.25) is 0 Å². The van der Waals surface area contributed by atoms with E-state index in [9.17, 15) is 0 Å². The predicted octanol–water partition coefficient (Wildman–Crippen LogP) is 4.37. The number of benzene rings is 1. The first-order valence-electron chi connectivity index (χ1n) is 7.39. The van der Waals surface area contributed by atoms with Gasteiger partial charge in [-0.15, -0.1) is 10.2 Å². The molecule has 2 aromatic rings. The van der Waals surface area contributed by atoms with E-state index in [1.54, 1.807) is 11.3 Å². The summed E-state index contributed by atoms with van der Waals surface area (Å²) < 4.78 is 5.96. The Morgan fingerprint density at radius 3 is 2.81 bits per heavy atom. The smallest absolute Gasteiger partial charge is 0.205 e. The Bertz CT molecular complexity index is 581. The molecule has 1 N–H and O–H groups in total. The molecule has 114 valence electrons. The molecule has 0 saturated carbocycles. The summed E-state index contributed by atoms with van der Waals surface area (Å²) in [5.41, 5.74) is 2.44. The molecule has 0 saturated heterocycles. The van der Waals surface area contributed by atoms with Gasteiger partial charge in [-0.2, -0.15) is 0 Å². The van der Waals surface area contributed by atoms with Crippen molar-refractivity contribution in [3.8, 4) is 5.75 Å². The van der Waals surface area contributed by atoms with Crippen LogP contribution in [0, 0.1) is 6.92 Å². The molecular weight excluding hydrogens is 282 g/mol. The second-order valence-electron chi connectivity index (χ2n) is 5.41. The van der Waals surface area contributed by atoms with E-state index in [1.165, 1.54) is 11.1 Å². The van der Waals surface area contributed by atoms with Crippen LogP contribution in [-0.2, 0) is 6.61 Å². The molecule has 0 spiro atoms. The standard InChI is InChI=1S/C16H23N3OS/c1-5-8-17-16-19-18-15(21-16)10-20-14-9-12(4)6-7-13(14)11(2)3/h6-7,9,11H,5,8,10H2,1-4H3,(H,17,19). The fourth-order valence-corrected chi connectivity index (χ4v) is 2.68. The molecular formula is C16H23N3OS. The first kappa shape index (κ1) is 15.8. The van der Waals surface area contributed by atoms with Gasteiger partial charge in [-0.25, -0.2) is 0 Å². The Morgan fingerprint density at radius 2 is 2.10 bits per heavy atom. The molecule has 1 aromatic carbocycles. The van der Waals surface area contributed by atoms with Crippen molar-refractivity contribution in [3.63, 3.8) is 0 Å². The minimum Gasteiger partial charge on any atom is -0.486 e. The highest BCUT2D eigenvalue weighted by atomic mass is 32.1. The average molecular weight is 305 g/mol. The van der Waals surface area contributed by atoms with Crippen LogP contribution in [-0.4, -0.2) is 16.7 Å². The van der Waals surface area contributed by atoms with E-state index in [2.05, 4.69) is 61.4 Å². The number of hydrogen-bond acceptors (Lipinski definition) is 5. The lowest BCUT2D eigenvalue weighted by Gasteiger charge is -2.13. The SMILES string of the molecule is CCCNc1nnc(COc2cc(C)ccc2C(C)C)s1. The molecule has 0 aliphatic rings. The van der Waals surface area contributed by atoms with Crippen LogP contribution in [0.1, 0.15) is 49.2 Å². The molecule has 0 unspecified atom stereocenters. The minimum absolute atomic E-state index is 0.441. The van der Waals surface area contributed by atoms with E-state index >= 15 is 0 Å². The van der Waals surface area contributed by atoms with Crippen LogP contribution < -0.4 is 10.1 Å². The van der Waals surface area contributed by atoms with Gasteiger partial charge in [-0.3, -0.25) is 0 Å². The minimum atomic E-state index is 0.441. The van der Waals surface area contributed by atoms with Crippen molar-refractivity contribution < 1.29 is 4.74 Å². The zero-order valence-corrected chi connectivity index (χ0v) is 14.0. The number of nitrogens with one attached hydrogen (secondary N) is 1. The lowest BCUT2D eigenvalue weighted by atomic mass is 10.0. The third kappa shape index (κ3) is 4.43. The molecule has 4 nitrogen and oxygen atoms in total. The van der Waals surface area contributed by atoms with Gasteiger partial charge < -0.3 is 10.1 Å². The maximum Gasteiger partial charge on any atom is 0.205 e. The molecule has 1 aromatic heterocycles. The Hall–Kier alpha value is -1.62. The van der Waals surface area contributed by atoms with Gasteiger partial charge in [0.1, 0.15) is 12.4 Å². The molecule has 0 aliphatic carbocycles. The van der Waals surface area contributed by atoms with Gasteiger partial charge in [0.2, 0.25) is 5.13 Å². The summed E-state index contributed by atoms with van der Waals surface area (Å²) in [6.45, 7) is 9.95. The van der Waals surface area contributed by atoms with Crippen molar-refractivity contribution in [1.29, 1.82) is 0 Å². The molecule has 0 fully saturated rings. The summed E-state index contributed by atoms with van der Waals surface area (Å²) in [4.78, 5) is 0. The molecule has 1 heterocycles. The Labute approximate surface area is 130 Å². The molecule has 0 radical (unpaired) electrons. The molecule has 0 atom stereocenters. The summed E-state index contributed by atoms with van der Waals surface area (Å²) >= 11 is 1.55. The van der Waals surface area contributed by atoms with Gasteiger partial charge in [0.05, 0.1) is 0 Å². The highest BCUT2D eigenvalue weighted by Gasteiger charge is 2.10. The number of rotatable bonds is 7. The lowest BCUT2D eigenvalue weighted by molar-refractivity contribution is 0.300. The van der Waals surface area contributed by atoms with E-state index in [4.69, 9.17) is 4.74 Å². The Kier molecular flexibility index (Phi) is 5.56. The van der Waals surface area contributed by atoms with Gasteiger partial charge in [0.15, 0.2) is 5.01 Å². The number of hydrogen-bond donors (Lipinski definition) is 1. The molecule has 0 bridgehead atoms. The van der Waals surface area contributed by atoms with Crippen molar-refractivity contribution in [3.05, 3.63) is 34.3 Å². The molecule has 0 aliphatic heterocycles. The molecule has 0 amide bonds. The van der Waals surface area contributed by atoms with Gasteiger partial charge in [0, 0.05) is 6.54 Å². The molecule has 2 rings (SSSR count). The number of aryl methyl sites for hydroxylation is 1. The first-order valence-corrected chi connectivity index (χ1v) is 8.21. The van der Waals surface area contributed by atoms with Crippen LogP contribution in [0.3, 0.4) is 0 Å². The van der Waals surface area contributed by atoms with Gasteiger partial charge in [-0.05, 0) is 36.5 Å². The maximum atomic E-state index is 5.96. The summed E-state index contributed by atoms with van der Waals surface area (Å²) in [5, 5.41) is 13.3. The quantitative estimate of drug-likeness (QED) is 0.825.